The van der Waals surface area contributed by atoms with Crippen LogP contribution in [0, 0.1) is 6.92 Å². The summed E-state index contributed by atoms with van der Waals surface area (Å²) in [5.74, 6) is 0.0426. The van der Waals surface area contributed by atoms with Crippen molar-refractivity contribution in [3.63, 3.8) is 0 Å². The summed E-state index contributed by atoms with van der Waals surface area (Å²) < 4.78 is 2.26. The van der Waals surface area contributed by atoms with Crippen molar-refractivity contribution in [2.45, 2.75) is 13.8 Å². The number of rotatable bonds is 2. The maximum atomic E-state index is 12.0. The van der Waals surface area contributed by atoms with Crippen molar-refractivity contribution in [2.24, 2.45) is 0 Å². The Hall–Kier alpha value is -2.08. The van der Waals surface area contributed by atoms with Crippen LogP contribution < -0.4 is 11.1 Å². The van der Waals surface area contributed by atoms with Gasteiger partial charge < -0.3 is 0 Å². The number of nitrogens with one attached hydrogen (secondary N) is 1. The lowest BCUT2D eigenvalue weighted by atomic mass is 10.3. The van der Waals surface area contributed by atoms with Gasteiger partial charge >= 0.3 is 5.69 Å². The van der Waals surface area contributed by atoms with E-state index in [1.165, 1.54) is 11.6 Å². The molecule has 1 N–H and O–H groups in total. The average molecular weight is 267 g/mol. The summed E-state index contributed by atoms with van der Waals surface area (Å²) >= 11 is 5.86. The van der Waals surface area contributed by atoms with E-state index < -0.39 is 5.69 Å². The molecular weight excluding hydrogens is 256 g/mol. The summed E-state index contributed by atoms with van der Waals surface area (Å²) in [4.78, 5) is 23.0. The van der Waals surface area contributed by atoms with Crippen LogP contribution in [0.25, 0.3) is 5.69 Å². The van der Waals surface area contributed by atoms with E-state index in [0.717, 1.165) is 4.68 Å². The normalized spacial score (nSPS) is 10.4. The molecule has 0 spiro atoms. The molecule has 1 heterocycles. The fraction of sp³-hybridized carbons (Fsp3) is 0.182. The number of carbonyl (C=O) groups excluding carboxylic acids is 1. The van der Waals surface area contributed by atoms with Crippen LogP contribution in [0.2, 0.25) is 5.02 Å². The Labute approximate surface area is 108 Å². The molecule has 6 nitrogen and oxygen atoms in total. The van der Waals surface area contributed by atoms with E-state index >= 15 is 0 Å². The molecule has 1 aromatic heterocycles. The molecule has 0 bridgehead atoms. The second-order valence-corrected chi connectivity index (χ2v) is 4.16. The van der Waals surface area contributed by atoms with Crippen molar-refractivity contribution >= 4 is 17.5 Å². The smallest absolute Gasteiger partial charge is 0.274 e. The summed E-state index contributed by atoms with van der Waals surface area (Å²) in [6.07, 6.45) is 0. The van der Waals surface area contributed by atoms with Crippen LogP contribution in [-0.4, -0.2) is 20.4 Å². The Kier molecular flexibility index (Phi) is 3.20. The Bertz CT molecular complexity index is 659. The van der Waals surface area contributed by atoms with Crippen LogP contribution in [-0.2, 0) is 4.79 Å². The molecule has 94 valence electrons. The maximum Gasteiger partial charge on any atom is 0.369 e. The first-order chi connectivity index (χ1) is 8.49. The monoisotopic (exact) mass is 266 g/mol. The first-order valence-corrected chi connectivity index (χ1v) is 5.59. The Balaban J connectivity index is 2.54. The van der Waals surface area contributed by atoms with E-state index in [9.17, 15) is 9.59 Å². The van der Waals surface area contributed by atoms with Gasteiger partial charge in [0.2, 0.25) is 5.91 Å². The molecule has 0 aliphatic heterocycles. The van der Waals surface area contributed by atoms with Crippen LogP contribution in [0.1, 0.15) is 12.7 Å². The summed E-state index contributed by atoms with van der Waals surface area (Å²) in [6.45, 7) is 2.95. The van der Waals surface area contributed by atoms with Crippen molar-refractivity contribution < 1.29 is 4.79 Å². The highest BCUT2D eigenvalue weighted by Crippen LogP contribution is 2.12. The highest BCUT2D eigenvalue weighted by Gasteiger charge is 2.12. The molecular formula is C11H11ClN4O2. The first kappa shape index (κ1) is 12.4. The number of carbonyl (C=O) groups is 1. The second kappa shape index (κ2) is 4.66. The van der Waals surface area contributed by atoms with E-state index in [2.05, 4.69) is 10.5 Å². The fourth-order valence-corrected chi connectivity index (χ4v) is 1.71. The van der Waals surface area contributed by atoms with E-state index in [1.54, 1.807) is 31.2 Å². The number of halogens is 1. The number of hydrogen-bond donors (Lipinski definition) is 1. The quantitative estimate of drug-likeness (QED) is 0.885. The average Bonchev–Trinajstić information content (AvgIpc) is 2.56. The molecule has 0 fully saturated rings. The first-order valence-electron chi connectivity index (χ1n) is 5.21. The third kappa shape index (κ3) is 2.28. The van der Waals surface area contributed by atoms with Crippen molar-refractivity contribution in [1.29, 1.82) is 0 Å². The minimum absolute atomic E-state index is 0.342. The van der Waals surface area contributed by atoms with E-state index in [0.29, 0.717) is 16.5 Å². The van der Waals surface area contributed by atoms with Crippen LogP contribution in [0.4, 0.5) is 0 Å². The third-order valence-electron chi connectivity index (χ3n) is 2.26. The van der Waals surface area contributed by atoms with Crippen LogP contribution in [0.15, 0.2) is 29.1 Å². The number of hydrogen-bond acceptors (Lipinski definition) is 3. The minimum atomic E-state index is -0.454. The van der Waals surface area contributed by atoms with E-state index in [-0.39, 0.29) is 5.91 Å². The lowest BCUT2D eigenvalue weighted by Gasteiger charge is -2.01. The topological polar surface area (TPSA) is 68.9 Å². The van der Waals surface area contributed by atoms with Crippen molar-refractivity contribution in [3.8, 4) is 5.69 Å². The van der Waals surface area contributed by atoms with Gasteiger partial charge in [0.05, 0.1) is 5.69 Å². The van der Waals surface area contributed by atoms with E-state index in [1.807, 2.05) is 0 Å². The molecule has 0 saturated heterocycles. The molecule has 0 aliphatic carbocycles. The largest absolute Gasteiger partial charge is 0.369 e. The zero-order valence-electron chi connectivity index (χ0n) is 9.85. The van der Waals surface area contributed by atoms with Crippen molar-refractivity contribution in [1.82, 2.24) is 14.5 Å². The van der Waals surface area contributed by atoms with Crippen molar-refractivity contribution in [3.05, 3.63) is 45.6 Å². The predicted octanol–water partition coefficient (Wildman–Crippen LogP) is 1.09. The van der Waals surface area contributed by atoms with Gasteiger partial charge in [-0.3, -0.25) is 10.2 Å². The molecule has 1 aromatic carbocycles. The molecule has 0 saturated carbocycles. The second-order valence-electron chi connectivity index (χ2n) is 3.72. The zero-order valence-corrected chi connectivity index (χ0v) is 10.6. The molecule has 2 aromatic rings. The number of benzene rings is 1. The molecule has 7 heteroatoms. The molecule has 18 heavy (non-hydrogen) atoms. The molecule has 0 unspecified atom stereocenters. The number of amides is 1. The van der Waals surface area contributed by atoms with Gasteiger partial charge in [-0.1, -0.05) is 17.7 Å². The lowest BCUT2D eigenvalue weighted by molar-refractivity contribution is -0.115. The van der Waals surface area contributed by atoms with Gasteiger partial charge in [-0.25, -0.2) is 4.79 Å². The fourth-order valence-electron chi connectivity index (χ4n) is 1.53. The highest BCUT2D eigenvalue weighted by atomic mass is 35.5. The highest BCUT2D eigenvalue weighted by molar-refractivity contribution is 6.30. The summed E-state index contributed by atoms with van der Waals surface area (Å²) in [5.41, 5.74) is 2.48. The van der Waals surface area contributed by atoms with Gasteiger partial charge in [-0.15, -0.1) is 5.10 Å². The SMILES string of the molecule is CC(=O)Nn1c(C)nn(-c2cccc(Cl)c2)c1=O. The van der Waals surface area contributed by atoms with Gasteiger partial charge in [0.25, 0.3) is 0 Å². The van der Waals surface area contributed by atoms with Gasteiger partial charge in [0, 0.05) is 11.9 Å². The third-order valence-corrected chi connectivity index (χ3v) is 2.50. The Morgan fingerprint density at radius 3 is 2.78 bits per heavy atom. The van der Waals surface area contributed by atoms with Gasteiger partial charge in [-0.05, 0) is 25.1 Å². The Morgan fingerprint density at radius 1 is 1.44 bits per heavy atom. The molecule has 1 amide bonds. The summed E-state index contributed by atoms with van der Waals surface area (Å²) in [6, 6.07) is 6.75. The minimum Gasteiger partial charge on any atom is -0.274 e. The number of nitrogens with zero attached hydrogens (tertiary/aromatic N) is 3. The van der Waals surface area contributed by atoms with Crippen LogP contribution >= 0.6 is 11.6 Å². The number of aryl methyl sites for hydroxylation is 1. The van der Waals surface area contributed by atoms with Gasteiger partial charge in [0.1, 0.15) is 0 Å². The van der Waals surface area contributed by atoms with Gasteiger partial charge in [0.15, 0.2) is 5.82 Å². The van der Waals surface area contributed by atoms with Crippen molar-refractivity contribution in [2.75, 3.05) is 5.43 Å². The van der Waals surface area contributed by atoms with Crippen LogP contribution in [0.5, 0.6) is 0 Å². The standard InChI is InChI=1S/C11H11ClN4O2/c1-7-13-16(10-5-3-4-9(12)6-10)11(18)15(7)14-8(2)17/h3-6H,1-2H3,(H,14,17). The summed E-state index contributed by atoms with van der Waals surface area (Å²) in [7, 11) is 0. The zero-order chi connectivity index (χ0) is 13.3. The predicted molar refractivity (Wildman–Crippen MR) is 67.6 cm³/mol. The van der Waals surface area contributed by atoms with E-state index in [4.69, 9.17) is 11.6 Å². The molecule has 2 rings (SSSR count). The molecule has 0 aliphatic rings. The molecule has 0 radical (unpaired) electrons. The van der Waals surface area contributed by atoms with Gasteiger partial charge in [-0.2, -0.15) is 9.36 Å². The summed E-state index contributed by atoms with van der Waals surface area (Å²) in [5, 5.41) is 4.57. The Morgan fingerprint density at radius 2 is 2.17 bits per heavy atom. The number of aromatic nitrogens is 3. The maximum absolute atomic E-state index is 12.0. The van der Waals surface area contributed by atoms with Crippen LogP contribution in [0.3, 0.4) is 0 Å². The lowest BCUT2D eigenvalue weighted by Crippen LogP contribution is -2.33. The molecule has 0 atom stereocenters.